The summed E-state index contributed by atoms with van der Waals surface area (Å²) in [6, 6.07) is 16.3. The molecule has 0 amide bonds. The van der Waals surface area contributed by atoms with Crippen LogP contribution >= 0.6 is 11.6 Å². The molecule has 5 heteroatoms. The van der Waals surface area contributed by atoms with Crippen LogP contribution in [0.3, 0.4) is 0 Å². The van der Waals surface area contributed by atoms with Crippen molar-refractivity contribution in [2.75, 3.05) is 7.11 Å². The van der Waals surface area contributed by atoms with Gasteiger partial charge in [0.15, 0.2) is 5.78 Å². The molecule has 0 spiro atoms. The van der Waals surface area contributed by atoms with E-state index in [2.05, 4.69) is 4.98 Å². The van der Waals surface area contributed by atoms with Crippen LogP contribution in [0.5, 0.6) is 11.5 Å². The van der Waals surface area contributed by atoms with Gasteiger partial charge in [0.25, 0.3) is 0 Å². The van der Waals surface area contributed by atoms with Crippen LogP contribution < -0.4 is 9.47 Å². The molecule has 0 aliphatic rings. The number of benzene rings is 2. The van der Waals surface area contributed by atoms with Crippen LogP contribution in [0, 0.1) is 0 Å². The number of nitrogens with zero attached hydrogens (tertiary/aromatic N) is 1. The Bertz CT molecular complexity index is 938. The summed E-state index contributed by atoms with van der Waals surface area (Å²) in [4.78, 5) is 16.1. The summed E-state index contributed by atoms with van der Waals surface area (Å²) in [6.07, 6.45) is 6.48. The fraction of sp³-hybridized carbons (Fsp3) is 0.0909. The van der Waals surface area contributed by atoms with Gasteiger partial charge in [0.05, 0.1) is 7.11 Å². The number of allylic oxidation sites excluding steroid dienone is 1. The molecule has 0 radical (unpaired) electrons. The summed E-state index contributed by atoms with van der Waals surface area (Å²) in [5.41, 5.74) is 2.31. The van der Waals surface area contributed by atoms with Crippen LogP contribution in [0.15, 0.2) is 73.1 Å². The number of carbonyl (C=O) groups excluding carboxylic acids is 1. The summed E-state index contributed by atoms with van der Waals surface area (Å²) in [5.74, 6) is 1.34. The maximum Gasteiger partial charge on any atom is 0.187 e. The van der Waals surface area contributed by atoms with Crippen molar-refractivity contribution in [2.45, 2.75) is 6.61 Å². The van der Waals surface area contributed by atoms with E-state index in [4.69, 9.17) is 21.1 Å². The molecule has 0 saturated heterocycles. The molecule has 136 valence electrons. The topological polar surface area (TPSA) is 48.4 Å². The average molecular weight is 380 g/mol. The molecule has 0 bridgehead atoms. The quantitative estimate of drug-likeness (QED) is 0.417. The number of hydrogen-bond donors (Lipinski definition) is 0. The van der Waals surface area contributed by atoms with Gasteiger partial charge in [-0.1, -0.05) is 23.7 Å². The fourth-order valence-corrected chi connectivity index (χ4v) is 2.61. The van der Waals surface area contributed by atoms with Crippen LogP contribution in [-0.2, 0) is 6.61 Å². The van der Waals surface area contributed by atoms with Crippen molar-refractivity contribution in [3.8, 4) is 11.5 Å². The second-order valence-electron chi connectivity index (χ2n) is 5.75. The summed E-state index contributed by atoms with van der Waals surface area (Å²) in [6.45, 7) is 0.336. The number of ether oxygens (including phenoxy) is 2. The smallest absolute Gasteiger partial charge is 0.187 e. The van der Waals surface area contributed by atoms with Gasteiger partial charge < -0.3 is 9.47 Å². The zero-order chi connectivity index (χ0) is 19.1. The number of ketones is 1. The Hall–Kier alpha value is -3.11. The first-order chi connectivity index (χ1) is 13.2. The van der Waals surface area contributed by atoms with E-state index in [0.29, 0.717) is 22.9 Å². The maximum absolute atomic E-state index is 12.2. The van der Waals surface area contributed by atoms with Crippen LogP contribution in [0.1, 0.15) is 21.5 Å². The molecule has 0 aliphatic heterocycles. The molecule has 4 nitrogen and oxygen atoms in total. The lowest BCUT2D eigenvalue weighted by atomic mass is 10.1. The van der Waals surface area contributed by atoms with Crippen molar-refractivity contribution < 1.29 is 14.3 Å². The predicted molar refractivity (Wildman–Crippen MR) is 106 cm³/mol. The number of hydrogen-bond acceptors (Lipinski definition) is 4. The molecule has 2 aromatic carbocycles. The van der Waals surface area contributed by atoms with Gasteiger partial charge in [0.1, 0.15) is 18.1 Å². The molecule has 0 N–H and O–H groups in total. The maximum atomic E-state index is 12.2. The largest absolute Gasteiger partial charge is 0.496 e. The molecular formula is C22H18ClNO3. The highest BCUT2D eigenvalue weighted by Gasteiger charge is 2.06. The van der Waals surface area contributed by atoms with Gasteiger partial charge in [-0.25, -0.2) is 0 Å². The number of carbonyl (C=O) groups is 1. The van der Waals surface area contributed by atoms with E-state index in [1.54, 1.807) is 49.8 Å². The van der Waals surface area contributed by atoms with E-state index in [9.17, 15) is 4.79 Å². The zero-order valence-electron chi connectivity index (χ0n) is 14.8. The minimum Gasteiger partial charge on any atom is -0.496 e. The Morgan fingerprint density at radius 3 is 2.67 bits per heavy atom. The highest BCUT2D eigenvalue weighted by molar-refractivity contribution is 6.30. The first-order valence-electron chi connectivity index (χ1n) is 8.33. The molecule has 0 fully saturated rings. The van der Waals surface area contributed by atoms with Crippen LogP contribution in [0.25, 0.3) is 6.08 Å². The number of rotatable bonds is 7. The molecule has 3 aromatic rings. The first kappa shape index (κ1) is 18.7. The summed E-state index contributed by atoms with van der Waals surface area (Å²) in [7, 11) is 1.61. The van der Waals surface area contributed by atoms with E-state index in [-0.39, 0.29) is 5.78 Å². The van der Waals surface area contributed by atoms with E-state index in [1.807, 2.05) is 30.3 Å². The lowest BCUT2D eigenvalue weighted by molar-refractivity contribution is 0.104. The minimum absolute atomic E-state index is 0.0992. The van der Waals surface area contributed by atoms with Crippen LogP contribution in [0.4, 0.5) is 0 Å². The van der Waals surface area contributed by atoms with Gasteiger partial charge in [-0.3, -0.25) is 9.78 Å². The summed E-state index contributed by atoms with van der Waals surface area (Å²) >= 11 is 5.89. The van der Waals surface area contributed by atoms with Crippen molar-refractivity contribution in [1.29, 1.82) is 0 Å². The number of aromatic nitrogens is 1. The Morgan fingerprint density at radius 1 is 1.15 bits per heavy atom. The average Bonchev–Trinajstić information content (AvgIpc) is 2.72. The molecule has 0 atom stereocenters. The van der Waals surface area contributed by atoms with Gasteiger partial charge in [0, 0.05) is 28.5 Å². The molecule has 0 unspecified atom stereocenters. The Morgan fingerprint density at radius 2 is 1.96 bits per heavy atom. The third-order valence-electron chi connectivity index (χ3n) is 3.89. The number of methoxy groups -OCH3 is 1. The SMILES string of the molecule is COc1ccc(/C=C/C(=O)c2cccnc2)cc1COc1ccc(Cl)cc1. The van der Waals surface area contributed by atoms with Gasteiger partial charge in [0.2, 0.25) is 0 Å². The van der Waals surface area contributed by atoms with Crippen molar-refractivity contribution in [1.82, 2.24) is 4.98 Å². The molecule has 3 rings (SSSR count). The van der Waals surface area contributed by atoms with Crippen molar-refractivity contribution in [2.24, 2.45) is 0 Å². The second-order valence-corrected chi connectivity index (χ2v) is 6.19. The highest BCUT2D eigenvalue weighted by atomic mass is 35.5. The Labute approximate surface area is 163 Å². The lowest BCUT2D eigenvalue weighted by Gasteiger charge is -2.11. The van der Waals surface area contributed by atoms with Crippen LogP contribution in [-0.4, -0.2) is 17.9 Å². The summed E-state index contributed by atoms with van der Waals surface area (Å²) < 4.78 is 11.2. The zero-order valence-corrected chi connectivity index (χ0v) is 15.5. The van der Waals surface area contributed by atoms with Crippen LogP contribution in [0.2, 0.25) is 5.02 Å². The monoisotopic (exact) mass is 379 g/mol. The van der Waals surface area contributed by atoms with Gasteiger partial charge in [-0.15, -0.1) is 0 Å². The molecular weight excluding hydrogens is 362 g/mol. The van der Waals surface area contributed by atoms with Gasteiger partial charge >= 0.3 is 0 Å². The van der Waals surface area contributed by atoms with E-state index < -0.39 is 0 Å². The van der Waals surface area contributed by atoms with E-state index >= 15 is 0 Å². The fourth-order valence-electron chi connectivity index (χ4n) is 2.48. The van der Waals surface area contributed by atoms with Crippen molar-refractivity contribution in [3.63, 3.8) is 0 Å². The lowest BCUT2D eigenvalue weighted by Crippen LogP contribution is -1.99. The van der Waals surface area contributed by atoms with Crippen molar-refractivity contribution in [3.05, 3.63) is 94.8 Å². The van der Waals surface area contributed by atoms with Gasteiger partial charge in [-0.05, 0) is 60.2 Å². The molecule has 0 saturated carbocycles. The third-order valence-corrected chi connectivity index (χ3v) is 4.14. The Balaban J connectivity index is 1.73. The van der Waals surface area contributed by atoms with Gasteiger partial charge in [-0.2, -0.15) is 0 Å². The van der Waals surface area contributed by atoms with E-state index in [0.717, 1.165) is 16.9 Å². The van der Waals surface area contributed by atoms with Crippen molar-refractivity contribution >= 4 is 23.5 Å². The minimum atomic E-state index is -0.0992. The second kappa shape index (κ2) is 9.01. The third kappa shape index (κ3) is 5.19. The summed E-state index contributed by atoms with van der Waals surface area (Å²) in [5, 5.41) is 0.658. The first-order valence-corrected chi connectivity index (χ1v) is 8.71. The highest BCUT2D eigenvalue weighted by Crippen LogP contribution is 2.23. The molecule has 27 heavy (non-hydrogen) atoms. The molecule has 1 heterocycles. The Kier molecular flexibility index (Phi) is 6.23. The standard InChI is InChI=1S/C22H18ClNO3/c1-26-22-11-5-16(4-10-21(25)17-3-2-12-24-14-17)13-18(22)15-27-20-8-6-19(23)7-9-20/h2-14H,15H2,1H3/b10-4+. The number of halogens is 1. The van der Waals surface area contributed by atoms with E-state index in [1.165, 1.54) is 6.08 Å². The molecule has 0 aliphatic carbocycles. The predicted octanol–water partition coefficient (Wildman–Crippen LogP) is 5.22. The number of pyridine rings is 1. The normalized spacial score (nSPS) is 10.7. The molecule has 1 aromatic heterocycles.